The number of rotatable bonds is 5. The fourth-order valence-electron chi connectivity index (χ4n) is 2.87. The summed E-state index contributed by atoms with van der Waals surface area (Å²) >= 11 is 0. The summed E-state index contributed by atoms with van der Waals surface area (Å²) in [5, 5.41) is 3.64. The van der Waals surface area contributed by atoms with Gasteiger partial charge in [0.2, 0.25) is 0 Å². The van der Waals surface area contributed by atoms with Gasteiger partial charge in [0.1, 0.15) is 0 Å². The number of hydrogen-bond donors (Lipinski definition) is 1. The van der Waals surface area contributed by atoms with E-state index in [2.05, 4.69) is 50.4 Å². The molecule has 1 aliphatic rings. The Kier molecular flexibility index (Phi) is 4.79. The summed E-state index contributed by atoms with van der Waals surface area (Å²) in [5.41, 5.74) is 2.86. The molecule has 0 aliphatic carbocycles. The van der Waals surface area contributed by atoms with Gasteiger partial charge in [-0.3, -0.25) is 0 Å². The second-order valence-electron chi connectivity index (χ2n) is 5.43. The summed E-state index contributed by atoms with van der Waals surface area (Å²) in [6.07, 6.45) is 2.72. The van der Waals surface area contributed by atoms with Crippen LogP contribution >= 0.6 is 0 Å². The average Bonchev–Trinajstić information content (AvgIpc) is 2.78. The minimum absolute atomic E-state index is 0.424. The van der Waals surface area contributed by atoms with Crippen molar-refractivity contribution in [3.05, 3.63) is 35.4 Å². The zero-order valence-electron chi connectivity index (χ0n) is 11.8. The van der Waals surface area contributed by atoms with Gasteiger partial charge >= 0.3 is 0 Å². The van der Waals surface area contributed by atoms with Crippen molar-refractivity contribution in [2.45, 2.75) is 45.8 Å². The molecule has 2 nitrogen and oxygen atoms in total. The molecule has 2 rings (SSSR count). The van der Waals surface area contributed by atoms with E-state index in [1.165, 1.54) is 17.5 Å². The lowest BCUT2D eigenvalue weighted by molar-refractivity contribution is 0.117. The lowest BCUT2D eigenvalue weighted by Crippen LogP contribution is -2.38. The minimum atomic E-state index is 0.424. The summed E-state index contributed by atoms with van der Waals surface area (Å²) < 4.78 is 5.72. The smallest absolute Gasteiger partial charge is 0.0551 e. The Bertz CT molecular complexity index is 377. The molecule has 1 fully saturated rings. The first-order chi connectivity index (χ1) is 8.70. The lowest BCUT2D eigenvalue weighted by atomic mass is 9.90. The van der Waals surface area contributed by atoms with Gasteiger partial charge in [-0.2, -0.15) is 0 Å². The highest BCUT2D eigenvalue weighted by atomic mass is 16.5. The van der Waals surface area contributed by atoms with E-state index in [9.17, 15) is 0 Å². The topological polar surface area (TPSA) is 21.3 Å². The Labute approximate surface area is 111 Å². The summed E-state index contributed by atoms with van der Waals surface area (Å²) in [6, 6.07) is 9.24. The third kappa shape index (κ3) is 3.33. The van der Waals surface area contributed by atoms with Crippen LogP contribution in [0.3, 0.4) is 0 Å². The number of benzene rings is 1. The first-order valence-corrected chi connectivity index (χ1v) is 7.10. The molecule has 1 aliphatic heterocycles. The Balaban J connectivity index is 2.04. The number of hydrogen-bond acceptors (Lipinski definition) is 2. The van der Waals surface area contributed by atoms with Gasteiger partial charge in [-0.15, -0.1) is 0 Å². The predicted molar refractivity (Wildman–Crippen MR) is 75.9 cm³/mol. The van der Waals surface area contributed by atoms with Crippen molar-refractivity contribution in [3.63, 3.8) is 0 Å². The monoisotopic (exact) mass is 247 g/mol. The summed E-state index contributed by atoms with van der Waals surface area (Å²) in [5.74, 6) is 0.652. The van der Waals surface area contributed by atoms with Gasteiger partial charge in [0.25, 0.3) is 0 Å². The zero-order chi connectivity index (χ0) is 13.0. The fourth-order valence-corrected chi connectivity index (χ4v) is 2.87. The van der Waals surface area contributed by atoms with E-state index in [0.29, 0.717) is 18.1 Å². The maximum Gasteiger partial charge on any atom is 0.0551 e. The van der Waals surface area contributed by atoms with E-state index < -0.39 is 0 Å². The van der Waals surface area contributed by atoms with Crippen LogP contribution < -0.4 is 5.32 Å². The van der Waals surface area contributed by atoms with E-state index >= 15 is 0 Å². The SMILES string of the molecule is CCNC(Cc1ccccc1C)C1COC(C)C1. The van der Waals surface area contributed by atoms with Gasteiger partial charge in [0, 0.05) is 12.0 Å². The van der Waals surface area contributed by atoms with Crippen LogP contribution in [-0.4, -0.2) is 25.3 Å². The lowest BCUT2D eigenvalue weighted by Gasteiger charge is -2.24. The highest BCUT2D eigenvalue weighted by Crippen LogP contribution is 2.25. The number of nitrogens with one attached hydrogen (secondary N) is 1. The second-order valence-corrected chi connectivity index (χ2v) is 5.43. The molecule has 2 heteroatoms. The standard InChI is InChI=1S/C16H25NO/c1-4-17-16(15-9-13(3)18-11-15)10-14-8-6-5-7-12(14)2/h5-8,13,15-17H,4,9-11H2,1-3H3. The molecular formula is C16H25NO. The number of ether oxygens (including phenoxy) is 1. The fraction of sp³-hybridized carbons (Fsp3) is 0.625. The Hall–Kier alpha value is -0.860. The molecule has 3 atom stereocenters. The van der Waals surface area contributed by atoms with Crippen LogP contribution in [0.15, 0.2) is 24.3 Å². The molecule has 0 saturated carbocycles. The van der Waals surface area contributed by atoms with Crippen molar-refractivity contribution in [2.75, 3.05) is 13.2 Å². The van der Waals surface area contributed by atoms with Crippen LogP contribution in [0.25, 0.3) is 0 Å². The van der Waals surface area contributed by atoms with Crippen LogP contribution in [-0.2, 0) is 11.2 Å². The van der Waals surface area contributed by atoms with Crippen LogP contribution in [0.2, 0.25) is 0 Å². The molecule has 1 N–H and O–H groups in total. The summed E-state index contributed by atoms with van der Waals surface area (Å²) in [7, 11) is 0. The van der Waals surface area contributed by atoms with Gasteiger partial charge in [-0.05, 0) is 44.4 Å². The van der Waals surface area contributed by atoms with Crippen LogP contribution in [0, 0.1) is 12.8 Å². The summed E-state index contributed by atoms with van der Waals surface area (Å²) in [4.78, 5) is 0. The van der Waals surface area contributed by atoms with Gasteiger partial charge in [-0.1, -0.05) is 31.2 Å². The van der Waals surface area contributed by atoms with Gasteiger partial charge < -0.3 is 10.1 Å². The maximum absolute atomic E-state index is 5.72. The third-order valence-electron chi connectivity index (χ3n) is 3.97. The van der Waals surface area contributed by atoms with Crippen LogP contribution in [0.4, 0.5) is 0 Å². The number of likely N-dealkylation sites (N-methyl/N-ethyl adjacent to an activating group) is 1. The van der Waals surface area contributed by atoms with Crippen LogP contribution in [0.5, 0.6) is 0 Å². The quantitative estimate of drug-likeness (QED) is 0.864. The molecule has 1 aromatic carbocycles. The predicted octanol–water partition coefficient (Wildman–Crippen LogP) is 2.94. The van der Waals surface area contributed by atoms with E-state index in [0.717, 1.165) is 19.6 Å². The molecular weight excluding hydrogens is 222 g/mol. The molecule has 1 aromatic rings. The molecule has 0 spiro atoms. The van der Waals surface area contributed by atoms with E-state index in [4.69, 9.17) is 4.74 Å². The molecule has 1 heterocycles. The molecule has 1 saturated heterocycles. The third-order valence-corrected chi connectivity index (χ3v) is 3.97. The van der Waals surface area contributed by atoms with Gasteiger partial charge in [0.05, 0.1) is 12.7 Å². The highest BCUT2D eigenvalue weighted by molar-refractivity contribution is 5.26. The van der Waals surface area contributed by atoms with Gasteiger partial charge in [0.15, 0.2) is 0 Å². The largest absolute Gasteiger partial charge is 0.378 e. The van der Waals surface area contributed by atoms with Crippen molar-refractivity contribution < 1.29 is 4.74 Å². The Morgan fingerprint density at radius 1 is 1.39 bits per heavy atom. The molecule has 3 unspecified atom stereocenters. The number of aryl methyl sites for hydroxylation is 1. The first-order valence-electron chi connectivity index (χ1n) is 7.10. The minimum Gasteiger partial charge on any atom is -0.378 e. The van der Waals surface area contributed by atoms with Crippen molar-refractivity contribution >= 4 is 0 Å². The van der Waals surface area contributed by atoms with Gasteiger partial charge in [-0.25, -0.2) is 0 Å². The van der Waals surface area contributed by atoms with E-state index in [-0.39, 0.29) is 0 Å². The van der Waals surface area contributed by atoms with Crippen molar-refractivity contribution in [1.29, 1.82) is 0 Å². The van der Waals surface area contributed by atoms with Crippen molar-refractivity contribution in [3.8, 4) is 0 Å². The Morgan fingerprint density at radius 2 is 2.17 bits per heavy atom. The normalized spacial score (nSPS) is 25.3. The maximum atomic E-state index is 5.72. The van der Waals surface area contributed by atoms with Crippen LogP contribution in [0.1, 0.15) is 31.4 Å². The van der Waals surface area contributed by atoms with Crippen molar-refractivity contribution in [1.82, 2.24) is 5.32 Å². The molecule has 0 aromatic heterocycles. The molecule has 0 radical (unpaired) electrons. The average molecular weight is 247 g/mol. The first kappa shape index (κ1) is 13.6. The zero-order valence-corrected chi connectivity index (χ0v) is 11.8. The molecule has 0 bridgehead atoms. The van der Waals surface area contributed by atoms with E-state index in [1.807, 2.05) is 0 Å². The molecule has 100 valence electrons. The Morgan fingerprint density at radius 3 is 2.78 bits per heavy atom. The second kappa shape index (κ2) is 6.35. The van der Waals surface area contributed by atoms with E-state index in [1.54, 1.807) is 0 Å². The molecule has 18 heavy (non-hydrogen) atoms. The highest BCUT2D eigenvalue weighted by Gasteiger charge is 2.29. The summed E-state index contributed by atoms with van der Waals surface area (Å²) in [6.45, 7) is 8.50. The van der Waals surface area contributed by atoms with Crippen molar-refractivity contribution in [2.24, 2.45) is 5.92 Å². The molecule has 0 amide bonds.